The first-order valence-corrected chi connectivity index (χ1v) is 10.9. The number of phenolic OH excluding ortho intramolecular Hbond substituents is 1. The van der Waals surface area contributed by atoms with Crippen molar-refractivity contribution in [2.45, 2.75) is 6.92 Å². The third kappa shape index (κ3) is 5.87. The molecule has 1 saturated heterocycles. The van der Waals surface area contributed by atoms with Crippen molar-refractivity contribution >= 4 is 29.5 Å². The summed E-state index contributed by atoms with van der Waals surface area (Å²) in [5.74, 6) is -0.189. The van der Waals surface area contributed by atoms with Gasteiger partial charge in [0.2, 0.25) is 5.95 Å². The smallest absolute Gasteiger partial charge is 0.330 e. The summed E-state index contributed by atoms with van der Waals surface area (Å²) in [5, 5.41) is 12.6. The zero-order valence-electron chi connectivity index (χ0n) is 18.7. The fourth-order valence-electron chi connectivity index (χ4n) is 3.59. The molecule has 9 heteroatoms. The van der Waals surface area contributed by atoms with Crippen LogP contribution in [-0.4, -0.2) is 54.0 Å². The maximum Gasteiger partial charge on any atom is 0.330 e. The van der Waals surface area contributed by atoms with E-state index in [1.165, 1.54) is 18.2 Å². The molecule has 0 unspecified atom stereocenters. The number of ether oxygens (including phenoxy) is 2. The van der Waals surface area contributed by atoms with E-state index in [-0.39, 0.29) is 11.7 Å². The number of aromatic hydroxyl groups is 1. The van der Waals surface area contributed by atoms with Crippen molar-refractivity contribution in [1.29, 1.82) is 0 Å². The fourth-order valence-corrected chi connectivity index (χ4v) is 3.59. The lowest BCUT2D eigenvalue weighted by atomic mass is 10.0. The quantitative estimate of drug-likeness (QED) is 0.398. The highest BCUT2D eigenvalue weighted by atomic mass is 19.1. The number of anilines is 3. The number of nitrogens with one attached hydrogen (secondary N) is 1. The van der Waals surface area contributed by atoms with Crippen LogP contribution in [-0.2, 0) is 14.3 Å². The predicted molar refractivity (Wildman–Crippen MR) is 128 cm³/mol. The largest absolute Gasteiger partial charge is 0.508 e. The lowest BCUT2D eigenvalue weighted by Crippen LogP contribution is -2.37. The lowest BCUT2D eigenvalue weighted by molar-refractivity contribution is -0.137. The first kappa shape index (κ1) is 23.2. The van der Waals surface area contributed by atoms with Crippen LogP contribution in [0, 0.1) is 5.82 Å². The van der Waals surface area contributed by atoms with E-state index < -0.39 is 11.8 Å². The van der Waals surface area contributed by atoms with Gasteiger partial charge in [-0.1, -0.05) is 18.2 Å². The molecule has 1 aromatic heterocycles. The molecule has 0 bridgehead atoms. The molecule has 176 valence electrons. The lowest BCUT2D eigenvalue weighted by Gasteiger charge is -2.29. The van der Waals surface area contributed by atoms with E-state index in [0.717, 1.165) is 22.8 Å². The van der Waals surface area contributed by atoms with Gasteiger partial charge in [0.25, 0.3) is 0 Å². The van der Waals surface area contributed by atoms with Crippen LogP contribution in [0.1, 0.15) is 12.5 Å². The molecule has 1 fully saturated rings. The number of esters is 1. The molecule has 0 radical (unpaired) electrons. The maximum atomic E-state index is 13.7. The SMILES string of the molecule is CCOC(=O)/C=C/c1cccc(-c2cnc(Nc3cc(O)cc(F)c3)nc2N2CCOCC2)c1. The Balaban J connectivity index is 1.68. The van der Waals surface area contributed by atoms with Gasteiger partial charge in [0.15, 0.2) is 0 Å². The van der Waals surface area contributed by atoms with Crippen LogP contribution in [0.5, 0.6) is 5.75 Å². The molecule has 0 saturated carbocycles. The number of hydrogen-bond acceptors (Lipinski definition) is 8. The summed E-state index contributed by atoms with van der Waals surface area (Å²) in [7, 11) is 0. The van der Waals surface area contributed by atoms with E-state index in [1.54, 1.807) is 19.2 Å². The molecular weight excluding hydrogens is 439 g/mol. The molecule has 2 aromatic carbocycles. The van der Waals surface area contributed by atoms with Crippen LogP contribution < -0.4 is 10.2 Å². The molecule has 0 spiro atoms. The standard InChI is InChI=1S/C25H25FN4O4/c1-2-34-23(32)7-6-17-4-3-5-18(12-17)22-16-27-25(28-20-13-19(26)14-21(31)15-20)29-24(22)30-8-10-33-11-9-30/h3-7,12-16,31H,2,8-11H2,1H3,(H,27,28,29)/b7-6+. The molecule has 1 aliphatic heterocycles. The zero-order valence-corrected chi connectivity index (χ0v) is 18.7. The number of morpholine rings is 1. The summed E-state index contributed by atoms with van der Waals surface area (Å²) in [6.45, 7) is 4.55. The average molecular weight is 464 g/mol. The summed E-state index contributed by atoms with van der Waals surface area (Å²) in [6.07, 6.45) is 4.79. The van der Waals surface area contributed by atoms with Crippen molar-refractivity contribution in [3.05, 3.63) is 66.1 Å². The van der Waals surface area contributed by atoms with Gasteiger partial charge < -0.3 is 24.8 Å². The van der Waals surface area contributed by atoms with Crippen LogP contribution in [0.4, 0.5) is 21.8 Å². The van der Waals surface area contributed by atoms with E-state index in [4.69, 9.17) is 14.5 Å². The Morgan fingerprint density at radius 1 is 1.26 bits per heavy atom. The van der Waals surface area contributed by atoms with Gasteiger partial charge in [-0.25, -0.2) is 14.2 Å². The zero-order chi connectivity index (χ0) is 23.9. The molecule has 0 aliphatic carbocycles. The van der Waals surface area contributed by atoms with E-state index in [0.29, 0.717) is 44.4 Å². The Morgan fingerprint density at radius 3 is 2.85 bits per heavy atom. The maximum absolute atomic E-state index is 13.7. The number of benzene rings is 2. The number of carbonyl (C=O) groups is 1. The van der Waals surface area contributed by atoms with Crippen LogP contribution in [0.25, 0.3) is 17.2 Å². The first-order valence-electron chi connectivity index (χ1n) is 10.9. The minimum atomic E-state index is -0.569. The minimum absolute atomic E-state index is 0.194. The van der Waals surface area contributed by atoms with E-state index in [9.17, 15) is 14.3 Å². The summed E-state index contributed by atoms with van der Waals surface area (Å²) in [5.41, 5.74) is 2.85. The van der Waals surface area contributed by atoms with Gasteiger partial charge in [-0.15, -0.1) is 0 Å². The van der Waals surface area contributed by atoms with Gasteiger partial charge >= 0.3 is 5.97 Å². The van der Waals surface area contributed by atoms with E-state index in [2.05, 4.69) is 15.2 Å². The molecule has 2 heterocycles. The van der Waals surface area contributed by atoms with Gasteiger partial charge in [0.05, 0.1) is 19.8 Å². The average Bonchev–Trinajstić information content (AvgIpc) is 2.83. The Hall–Kier alpha value is -3.98. The normalized spacial score (nSPS) is 13.8. The number of rotatable bonds is 7. The molecule has 34 heavy (non-hydrogen) atoms. The summed E-state index contributed by atoms with van der Waals surface area (Å²) < 4.78 is 24.1. The Kier molecular flexibility index (Phi) is 7.34. The van der Waals surface area contributed by atoms with Crippen LogP contribution >= 0.6 is 0 Å². The van der Waals surface area contributed by atoms with Gasteiger partial charge in [-0.2, -0.15) is 4.98 Å². The summed E-state index contributed by atoms with van der Waals surface area (Å²) >= 11 is 0. The van der Waals surface area contributed by atoms with E-state index >= 15 is 0 Å². The number of carbonyl (C=O) groups excluding carboxylic acids is 1. The molecule has 0 amide bonds. The molecule has 8 nitrogen and oxygen atoms in total. The highest BCUT2D eigenvalue weighted by Crippen LogP contribution is 2.32. The number of halogens is 1. The third-order valence-corrected chi connectivity index (χ3v) is 5.11. The van der Waals surface area contributed by atoms with Gasteiger partial charge in [0, 0.05) is 48.7 Å². The minimum Gasteiger partial charge on any atom is -0.508 e. The number of nitrogens with zero attached hydrogens (tertiary/aromatic N) is 3. The summed E-state index contributed by atoms with van der Waals surface area (Å²) in [4.78, 5) is 22.9. The molecule has 2 N–H and O–H groups in total. The van der Waals surface area contributed by atoms with Crippen molar-refractivity contribution in [2.24, 2.45) is 0 Å². The molecule has 1 aliphatic rings. The van der Waals surface area contributed by atoms with Crippen LogP contribution in [0.15, 0.2) is 54.7 Å². The second-order valence-corrected chi connectivity index (χ2v) is 7.56. The van der Waals surface area contributed by atoms with Crippen molar-refractivity contribution in [3.63, 3.8) is 0 Å². The third-order valence-electron chi connectivity index (χ3n) is 5.11. The van der Waals surface area contributed by atoms with Gasteiger partial charge in [-0.3, -0.25) is 0 Å². The molecular formula is C25H25FN4O4. The monoisotopic (exact) mass is 464 g/mol. The Bertz CT molecular complexity index is 1180. The first-order chi connectivity index (χ1) is 16.5. The number of hydrogen-bond donors (Lipinski definition) is 2. The molecule has 4 rings (SSSR count). The fraction of sp³-hybridized carbons (Fsp3) is 0.240. The second-order valence-electron chi connectivity index (χ2n) is 7.56. The highest BCUT2D eigenvalue weighted by Gasteiger charge is 2.19. The number of phenols is 1. The Labute approximate surface area is 196 Å². The highest BCUT2D eigenvalue weighted by molar-refractivity contribution is 5.87. The number of aromatic nitrogens is 2. The van der Waals surface area contributed by atoms with Crippen molar-refractivity contribution in [2.75, 3.05) is 43.1 Å². The molecule has 0 atom stereocenters. The Morgan fingerprint density at radius 2 is 2.09 bits per heavy atom. The van der Waals surface area contributed by atoms with Crippen molar-refractivity contribution in [1.82, 2.24) is 9.97 Å². The predicted octanol–water partition coefficient (Wildman–Crippen LogP) is 4.14. The van der Waals surface area contributed by atoms with Crippen LogP contribution in [0.3, 0.4) is 0 Å². The van der Waals surface area contributed by atoms with Crippen molar-refractivity contribution < 1.29 is 23.8 Å². The topological polar surface area (TPSA) is 96.8 Å². The van der Waals surface area contributed by atoms with E-state index in [1.807, 2.05) is 24.3 Å². The van der Waals surface area contributed by atoms with Crippen molar-refractivity contribution in [3.8, 4) is 16.9 Å². The van der Waals surface area contributed by atoms with Crippen LogP contribution in [0.2, 0.25) is 0 Å². The summed E-state index contributed by atoms with van der Waals surface area (Å²) in [6, 6.07) is 11.3. The molecule has 3 aromatic rings. The second kappa shape index (κ2) is 10.8. The van der Waals surface area contributed by atoms with Gasteiger partial charge in [0.1, 0.15) is 17.4 Å². The van der Waals surface area contributed by atoms with Gasteiger partial charge in [-0.05, 0) is 36.3 Å².